The van der Waals surface area contributed by atoms with Gasteiger partial charge < -0.3 is 10.0 Å². The number of nitrogens with zero attached hydrogens (tertiary/aromatic N) is 2. The number of rotatable bonds is 5. The second kappa shape index (κ2) is 7.17. The third kappa shape index (κ3) is 4.39. The summed E-state index contributed by atoms with van der Waals surface area (Å²) in [5, 5.41) is 9.09. The van der Waals surface area contributed by atoms with E-state index in [9.17, 15) is 8.42 Å². The van der Waals surface area contributed by atoms with Gasteiger partial charge in [-0.2, -0.15) is 12.7 Å². The van der Waals surface area contributed by atoms with Gasteiger partial charge in [0.15, 0.2) is 0 Å². The van der Waals surface area contributed by atoms with Gasteiger partial charge in [-0.15, -0.1) is 0 Å². The third-order valence-electron chi connectivity index (χ3n) is 4.45. The van der Waals surface area contributed by atoms with E-state index in [0.29, 0.717) is 25.6 Å². The molecule has 2 rings (SSSR count). The van der Waals surface area contributed by atoms with E-state index in [1.54, 1.807) is 0 Å². The fraction of sp³-hybridized carbons (Fsp3) is 1.00. The maximum Gasteiger partial charge on any atom is 0.279 e. The molecule has 0 aliphatic carbocycles. The van der Waals surface area contributed by atoms with Crippen molar-refractivity contribution < 1.29 is 13.5 Å². The molecule has 0 radical (unpaired) electrons. The lowest BCUT2D eigenvalue weighted by molar-refractivity contribution is 0.169. The number of aliphatic hydroxyl groups is 1. The van der Waals surface area contributed by atoms with Crippen molar-refractivity contribution in [1.82, 2.24) is 13.9 Å². The molecule has 2 aliphatic heterocycles. The summed E-state index contributed by atoms with van der Waals surface area (Å²) < 4.78 is 28.8. The van der Waals surface area contributed by atoms with Crippen LogP contribution in [0.4, 0.5) is 0 Å². The Bertz CT molecular complexity index is 394. The summed E-state index contributed by atoms with van der Waals surface area (Å²) in [7, 11) is -1.27. The first-order chi connectivity index (χ1) is 9.51. The van der Waals surface area contributed by atoms with Crippen LogP contribution < -0.4 is 4.72 Å². The Kier molecular flexibility index (Phi) is 5.80. The van der Waals surface area contributed by atoms with Gasteiger partial charge in [0.25, 0.3) is 10.2 Å². The number of piperidine rings is 2. The van der Waals surface area contributed by atoms with Crippen molar-refractivity contribution in [3.63, 3.8) is 0 Å². The van der Waals surface area contributed by atoms with Crippen molar-refractivity contribution in [2.75, 3.05) is 46.4 Å². The van der Waals surface area contributed by atoms with E-state index < -0.39 is 10.2 Å². The molecule has 118 valence electrons. The lowest BCUT2D eigenvalue weighted by atomic mass is 9.99. The summed E-state index contributed by atoms with van der Waals surface area (Å²) in [5.74, 6) is 0.673. The molecule has 7 heteroatoms. The van der Waals surface area contributed by atoms with Crippen LogP contribution in [0.2, 0.25) is 0 Å². The molecular weight excluding hydrogens is 278 g/mol. The Hall–Kier alpha value is -0.210. The van der Waals surface area contributed by atoms with Crippen molar-refractivity contribution in [3.8, 4) is 0 Å². The maximum atomic E-state index is 12.2. The van der Waals surface area contributed by atoms with E-state index in [2.05, 4.69) is 16.7 Å². The second-order valence-corrected chi connectivity index (χ2v) is 7.90. The average Bonchev–Trinajstić information content (AvgIpc) is 2.45. The van der Waals surface area contributed by atoms with Gasteiger partial charge in [-0.1, -0.05) is 0 Å². The fourth-order valence-electron chi connectivity index (χ4n) is 3.09. The summed E-state index contributed by atoms with van der Waals surface area (Å²) in [5.41, 5.74) is 0. The van der Waals surface area contributed by atoms with E-state index >= 15 is 0 Å². The Morgan fingerprint density at radius 1 is 1.15 bits per heavy atom. The molecule has 2 saturated heterocycles. The maximum absolute atomic E-state index is 12.2. The first-order valence-electron chi connectivity index (χ1n) is 7.55. The molecule has 2 aliphatic rings. The Labute approximate surface area is 122 Å². The van der Waals surface area contributed by atoms with Gasteiger partial charge in [-0.25, -0.2) is 4.72 Å². The minimum absolute atomic E-state index is 0.162. The smallest absolute Gasteiger partial charge is 0.279 e. The summed E-state index contributed by atoms with van der Waals surface area (Å²) in [6.45, 7) is 3.81. The predicted octanol–water partition coefficient (Wildman–Crippen LogP) is -0.133. The van der Waals surface area contributed by atoms with Crippen molar-refractivity contribution in [3.05, 3.63) is 0 Å². The zero-order valence-electron chi connectivity index (χ0n) is 12.3. The molecule has 0 saturated carbocycles. The van der Waals surface area contributed by atoms with Gasteiger partial charge in [0.05, 0.1) is 0 Å². The molecule has 6 nitrogen and oxygen atoms in total. The van der Waals surface area contributed by atoms with Crippen molar-refractivity contribution in [2.45, 2.75) is 25.7 Å². The van der Waals surface area contributed by atoms with Crippen LogP contribution in [0, 0.1) is 11.8 Å². The number of likely N-dealkylation sites (tertiary alicyclic amines) is 1. The molecule has 2 heterocycles. The lowest BCUT2D eigenvalue weighted by Gasteiger charge is -2.32. The number of hydrogen-bond acceptors (Lipinski definition) is 4. The van der Waals surface area contributed by atoms with E-state index in [4.69, 9.17) is 5.11 Å². The largest absolute Gasteiger partial charge is 0.396 e. The molecular formula is C13H27N3O3S. The van der Waals surface area contributed by atoms with E-state index in [1.807, 2.05) is 0 Å². The van der Waals surface area contributed by atoms with Crippen molar-refractivity contribution in [2.24, 2.45) is 11.8 Å². The van der Waals surface area contributed by atoms with Gasteiger partial charge in [-0.05, 0) is 51.1 Å². The lowest BCUT2D eigenvalue weighted by Crippen LogP contribution is -2.47. The van der Waals surface area contributed by atoms with Crippen LogP contribution in [0.5, 0.6) is 0 Å². The topological polar surface area (TPSA) is 72.9 Å². The Morgan fingerprint density at radius 2 is 1.85 bits per heavy atom. The van der Waals surface area contributed by atoms with E-state index in [0.717, 1.165) is 38.8 Å². The molecule has 0 aromatic rings. The van der Waals surface area contributed by atoms with Crippen LogP contribution >= 0.6 is 0 Å². The molecule has 0 amide bonds. The highest BCUT2D eigenvalue weighted by molar-refractivity contribution is 7.87. The number of aliphatic hydroxyl groups excluding tert-OH is 1. The normalized spacial score (nSPS) is 27.8. The third-order valence-corrected chi connectivity index (χ3v) is 6.02. The van der Waals surface area contributed by atoms with E-state index in [-0.39, 0.29) is 12.5 Å². The average molecular weight is 305 g/mol. The molecule has 0 aromatic carbocycles. The minimum atomic E-state index is -3.35. The zero-order chi connectivity index (χ0) is 14.6. The highest BCUT2D eigenvalue weighted by atomic mass is 32.2. The van der Waals surface area contributed by atoms with Crippen LogP contribution in [0.3, 0.4) is 0 Å². The molecule has 20 heavy (non-hydrogen) atoms. The van der Waals surface area contributed by atoms with Crippen LogP contribution in [-0.2, 0) is 10.2 Å². The first kappa shape index (κ1) is 16.2. The quantitative estimate of drug-likeness (QED) is 0.742. The fourth-order valence-corrected chi connectivity index (χ4v) is 4.41. The summed E-state index contributed by atoms with van der Waals surface area (Å²) >= 11 is 0. The highest BCUT2D eigenvalue weighted by Gasteiger charge is 2.28. The Morgan fingerprint density at radius 3 is 2.45 bits per heavy atom. The van der Waals surface area contributed by atoms with Crippen molar-refractivity contribution in [1.29, 1.82) is 0 Å². The molecule has 2 fully saturated rings. The predicted molar refractivity (Wildman–Crippen MR) is 78.5 cm³/mol. The monoisotopic (exact) mass is 305 g/mol. The van der Waals surface area contributed by atoms with Gasteiger partial charge in [0.1, 0.15) is 0 Å². The number of nitrogens with one attached hydrogen (secondary N) is 1. The van der Waals surface area contributed by atoms with Crippen LogP contribution in [0.15, 0.2) is 0 Å². The molecule has 0 aromatic heterocycles. The van der Waals surface area contributed by atoms with Gasteiger partial charge in [0.2, 0.25) is 0 Å². The summed E-state index contributed by atoms with van der Waals surface area (Å²) in [4.78, 5) is 2.26. The van der Waals surface area contributed by atoms with Crippen molar-refractivity contribution >= 4 is 10.2 Å². The van der Waals surface area contributed by atoms with Gasteiger partial charge in [-0.3, -0.25) is 0 Å². The van der Waals surface area contributed by atoms with Crippen LogP contribution in [0.1, 0.15) is 25.7 Å². The van der Waals surface area contributed by atoms with Crippen LogP contribution in [-0.4, -0.2) is 69.1 Å². The zero-order valence-corrected chi connectivity index (χ0v) is 13.1. The molecule has 2 N–H and O–H groups in total. The molecule has 0 spiro atoms. The highest BCUT2D eigenvalue weighted by Crippen LogP contribution is 2.19. The standard InChI is InChI=1S/C13H27N3O3S/c1-15-6-2-3-13(10-15)9-14-20(18,19)16-7-4-12(11-17)5-8-16/h12-14,17H,2-11H2,1H3. The molecule has 1 unspecified atom stereocenters. The minimum Gasteiger partial charge on any atom is -0.396 e. The molecule has 0 bridgehead atoms. The summed E-state index contributed by atoms with van der Waals surface area (Å²) in [6.07, 6.45) is 3.75. The van der Waals surface area contributed by atoms with E-state index in [1.165, 1.54) is 4.31 Å². The van der Waals surface area contributed by atoms with Gasteiger partial charge >= 0.3 is 0 Å². The molecule has 1 atom stereocenters. The second-order valence-electron chi connectivity index (χ2n) is 6.15. The van der Waals surface area contributed by atoms with Crippen LogP contribution in [0.25, 0.3) is 0 Å². The number of hydrogen-bond donors (Lipinski definition) is 2. The first-order valence-corrected chi connectivity index (χ1v) is 8.99. The Balaban J connectivity index is 1.79. The SMILES string of the molecule is CN1CCCC(CNS(=O)(=O)N2CCC(CO)CC2)C1. The summed E-state index contributed by atoms with van der Waals surface area (Å²) in [6, 6.07) is 0. The van der Waals surface area contributed by atoms with Gasteiger partial charge in [0, 0.05) is 32.8 Å².